The van der Waals surface area contributed by atoms with Crippen molar-refractivity contribution in [3.63, 3.8) is 0 Å². The van der Waals surface area contributed by atoms with Gasteiger partial charge in [-0.1, -0.05) is 12.1 Å². The van der Waals surface area contributed by atoms with Gasteiger partial charge in [0.05, 0.1) is 6.33 Å². The smallest absolute Gasteiger partial charge is 0.0922 e. The van der Waals surface area contributed by atoms with Gasteiger partial charge in [0.2, 0.25) is 0 Å². The van der Waals surface area contributed by atoms with Gasteiger partial charge in [0.25, 0.3) is 0 Å². The Morgan fingerprint density at radius 2 is 2.12 bits per heavy atom. The number of benzene rings is 1. The summed E-state index contributed by atoms with van der Waals surface area (Å²) in [6.07, 6.45) is 5.50. The van der Waals surface area contributed by atoms with E-state index in [9.17, 15) is 0 Å². The number of hydrogen-bond donors (Lipinski definition) is 3. The van der Waals surface area contributed by atoms with E-state index in [2.05, 4.69) is 44.5 Å². The number of H-pyrrole nitrogens is 2. The molecule has 0 saturated carbocycles. The molecule has 86 valence electrons. The largest absolute Gasteiger partial charge is 0.361 e. The van der Waals surface area contributed by atoms with E-state index in [0.717, 1.165) is 18.8 Å². The average Bonchev–Trinajstić information content (AvgIpc) is 2.98. The molecular weight excluding hydrogens is 212 g/mol. The molecule has 0 unspecified atom stereocenters. The van der Waals surface area contributed by atoms with Crippen LogP contribution < -0.4 is 5.32 Å². The highest BCUT2D eigenvalue weighted by molar-refractivity contribution is 5.79. The van der Waals surface area contributed by atoms with Crippen molar-refractivity contribution in [2.45, 2.75) is 13.1 Å². The van der Waals surface area contributed by atoms with Gasteiger partial charge in [-0.2, -0.15) is 0 Å². The first-order chi connectivity index (χ1) is 8.42. The lowest BCUT2D eigenvalue weighted by molar-refractivity contribution is 0.683. The fraction of sp³-hybridized carbons (Fsp3) is 0.154. The van der Waals surface area contributed by atoms with Gasteiger partial charge in [-0.15, -0.1) is 0 Å². The van der Waals surface area contributed by atoms with Crippen LogP contribution in [-0.2, 0) is 13.1 Å². The molecule has 0 radical (unpaired) electrons. The zero-order chi connectivity index (χ0) is 11.5. The third-order valence-electron chi connectivity index (χ3n) is 2.82. The monoisotopic (exact) mass is 226 g/mol. The molecule has 4 nitrogen and oxygen atoms in total. The minimum atomic E-state index is 0.808. The van der Waals surface area contributed by atoms with E-state index in [4.69, 9.17) is 0 Å². The lowest BCUT2D eigenvalue weighted by Gasteiger charge is -2.03. The van der Waals surface area contributed by atoms with E-state index < -0.39 is 0 Å². The molecule has 2 heterocycles. The molecule has 0 aliphatic carbocycles. The van der Waals surface area contributed by atoms with E-state index >= 15 is 0 Å². The Kier molecular flexibility index (Phi) is 2.63. The molecule has 2 aromatic heterocycles. The SMILES string of the molecule is c1ncc(CNCc2ccc3cc[nH]c3c2)[nH]1. The molecule has 3 rings (SSSR count). The van der Waals surface area contributed by atoms with Gasteiger partial charge in [-0.3, -0.25) is 0 Å². The molecule has 0 atom stereocenters. The van der Waals surface area contributed by atoms with Crippen molar-refractivity contribution < 1.29 is 0 Å². The number of rotatable bonds is 4. The molecule has 0 spiro atoms. The Labute approximate surface area is 99.1 Å². The molecule has 3 N–H and O–H groups in total. The molecule has 0 amide bonds. The molecule has 17 heavy (non-hydrogen) atoms. The highest BCUT2D eigenvalue weighted by atomic mass is 14.9. The Bertz CT molecular complexity index is 595. The van der Waals surface area contributed by atoms with Crippen molar-refractivity contribution in [2.24, 2.45) is 0 Å². The fourth-order valence-corrected chi connectivity index (χ4v) is 1.93. The van der Waals surface area contributed by atoms with Gasteiger partial charge >= 0.3 is 0 Å². The summed E-state index contributed by atoms with van der Waals surface area (Å²) in [5.41, 5.74) is 3.57. The summed E-state index contributed by atoms with van der Waals surface area (Å²) in [5, 5.41) is 4.63. The Balaban J connectivity index is 1.64. The molecule has 4 heteroatoms. The van der Waals surface area contributed by atoms with Gasteiger partial charge < -0.3 is 15.3 Å². The van der Waals surface area contributed by atoms with Crippen LogP contribution in [0.3, 0.4) is 0 Å². The molecule has 0 fully saturated rings. The summed E-state index contributed by atoms with van der Waals surface area (Å²) >= 11 is 0. The number of hydrogen-bond acceptors (Lipinski definition) is 2. The number of aromatic nitrogens is 3. The van der Waals surface area contributed by atoms with Crippen molar-refractivity contribution >= 4 is 10.9 Å². The first kappa shape index (κ1) is 10.1. The van der Waals surface area contributed by atoms with Gasteiger partial charge in [0.15, 0.2) is 0 Å². The molecule has 0 aliphatic heterocycles. The Hall–Kier alpha value is -2.07. The summed E-state index contributed by atoms with van der Waals surface area (Å²) in [4.78, 5) is 10.3. The predicted octanol–water partition coefficient (Wildman–Crippen LogP) is 2.18. The zero-order valence-electron chi connectivity index (χ0n) is 9.40. The van der Waals surface area contributed by atoms with Crippen LogP contribution in [0.5, 0.6) is 0 Å². The number of nitrogens with zero attached hydrogens (tertiary/aromatic N) is 1. The quantitative estimate of drug-likeness (QED) is 0.638. The predicted molar refractivity (Wildman–Crippen MR) is 67.4 cm³/mol. The number of fused-ring (bicyclic) bond motifs is 1. The lowest BCUT2D eigenvalue weighted by Crippen LogP contribution is -2.12. The minimum absolute atomic E-state index is 0.808. The maximum absolute atomic E-state index is 3.98. The van der Waals surface area contributed by atoms with Crippen LogP contribution in [0.1, 0.15) is 11.3 Å². The van der Waals surface area contributed by atoms with Crippen molar-refractivity contribution in [2.75, 3.05) is 0 Å². The average molecular weight is 226 g/mol. The maximum Gasteiger partial charge on any atom is 0.0922 e. The van der Waals surface area contributed by atoms with Crippen LogP contribution in [-0.4, -0.2) is 15.0 Å². The van der Waals surface area contributed by atoms with Crippen LogP contribution >= 0.6 is 0 Å². The van der Waals surface area contributed by atoms with E-state index in [1.165, 1.54) is 16.5 Å². The van der Waals surface area contributed by atoms with E-state index in [-0.39, 0.29) is 0 Å². The van der Waals surface area contributed by atoms with Crippen LogP contribution in [0.25, 0.3) is 10.9 Å². The van der Waals surface area contributed by atoms with Gasteiger partial charge in [-0.25, -0.2) is 4.98 Å². The summed E-state index contributed by atoms with van der Waals surface area (Å²) in [7, 11) is 0. The van der Waals surface area contributed by atoms with E-state index in [1.54, 1.807) is 6.33 Å². The Morgan fingerprint density at radius 1 is 1.12 bits per heavy atom. The van der Waals surface area contributed by atoms with Crippen molar-refractivity contribution in [3.05, 3.63) is 54.2 Å². The Morgan fingerprint density at radius 3 is 3.00 bits per heavy atom. The number of imidazole rings is 1. The standard InChI is InChI=1S/C13H14N4/c1-2-11-3-4-16-13(11)5-10(1)6-14-7-12-8-15-9-17-12/h1-5,8-9,14,16H,6-7H2,(H,15,17). The zero-order valence-corrected chi connectivity index (χ0v) is 9.40. The second kappa shape index (κ2) is 4.43. The second-order valence-corrected chi connectivity index (χ2v) is 4.08. The van der Waals surface area contributed by atoms with Gasteiger partial charge in [-0.05, 0) is 23.1 Å². The van der Waals surface area contributed by atoms with Gasteiger partial charge in [0.1, 0.15) is 0 Å². The minimum Gasteiger partial charge on any atom is -0.361 e. The van der Waals surface area contributed by atoms with E-state index in [1.807, 2.05) is 12.4 Å². The topological polar surface area (TPSA) is 56.5 Å². The van der Waals surface area contributed by atoms with Crippen LogP contribution in [0.4, 0.5) is 0 Å². The van der Waals surface area contributed by atoms with Crippen LogP contribution in [0, 0.1) is 0 Å². The van der Waals surface area contributed by atoms with Crippen molar-refractivity contribution in [1.82, 2.24) is 20.3 Å². The van der Waals surface area contributed by atoms with Gasteiger partial charge in [0, 0.05) is 36.7 Å². The molecular formula is C13H14N4. The highest BCUT2D eigenvalue weighted by Gasteiger charge is 1.98. The van der Waals surface area contributed by atoms with Crippen molar-refractivity contribution in [3.8, 4) is 0 Å². The number of nitrogens with one attached hydrogen (secondary N) is 3. The van der Waals surface area contributed by atoms with E-state index in [0.29, 0.717) is 0 Å². The lowest BCUT2D eigenvalue weighted by atomic mass is 10.1. The molecule has 0 bridgehead atoms. The maximum atomic E-state index is 3.98. The first-order valence-corrected chi connectivity index (χ1v) is 5.66. The fourth-order valence-electron chi connectivity index (χ4n) is 1.93. The summed E-state index contributed by atoms with van der Waals surface area (Å²) in [6.45, 7) is 1.66. The molecule has 3 aromatic rings. The normalized spacial score (nSPS) is 11.1. The third kappa shape index (κ3) is 2.21. The number of aromatic amines is 2. The summed E-state index contributed by atoms with van der Waals surface area (Å²) < 4.78 is 0. The molecule has 0 aliphatic rings. The first-order valence-electron chi connectivity index (χ1n) is 5.66. The molecule has 1 aromatic carbocycles. The van der Waals surface area contributed by atoms with Crippen molar-refractivity contribution in [1.29, 1.82) is 0 Å². The summed E-state index contributed by atoms with van der Waals surface area (Å²) in [6, 6.07) is 8.54. The van der Waals surface area contributed by atoms with Crippen LogP contribution in [0.15, 0.2) is 43.0 Å². The summed E-state index contributed by atoms with van der Waals surface area (Å²) in [5.74, 6) is 0. The highest BCUT2D eigenvalue weighted by Crippen LogP contribution is 2.13. The third-order valence-corrected chi connectivity index (χ3v) is 2.82. The second-order valence-electron chi connectivity index (χ2n) is 4.08. The molecule has 0 saturated heterocycles. The van der Waals surface area contributed by atoms with Crippen LogP contribution in [0.2, 0.25) is 0 Å².